The van der Waals surface area contributed by atoms with E-state index in [1.165, 1.54) is 7.14 Å². The van der Waals surface area contributed by atoms with Crippen LogP contribution in [0.2, 0.25) is 0 Å². The monoisotopic (exact) mass is 562 g/mol. The maximum Gasteiger partial charge on any atom is 0.130 e. The number of aliphatic imine (C=N–C) groups is 1. The fraction of sp³-hybridized carbons (Fsp3) is 0.350. The van der Waals surface area contributed by atoms with E-state index in [1.807, 2.05) is 12.4 Å². The predicted octanol–water partition coefficient (Wildman–Crippen LogP) is 6.70. The first-order valence-electron chi connectivity index (χ1n) is 8.47. The molecule has 3 nitrogen and oxygen atoms in total. The summed E-state index contributed by atoms with van der Waals surface area (Å²) in [5.74, 6) is 1.75. The fourth-order valence-corrected chi connectivity index (χ4v) is 3.24. The Labute approximate surface area is 178 Å². The molecule has 0 radical (unpaired) electrons. The number of ether oxygens (including phenoxy) is 1. The van der Waals surface area contributed by atoms with Gasteiger partial charge in [0.05, 0.1) is 12.0 Å². The van der Waals surface area contributed by atoms with Crippen molar-refractivity contribution in [1.82, 2.24) is 4.90 Å². The Bertz CT molecular complexity index is 760. The zero-order valence-electron chi connectivity index (χ0n) is 15.1. The molecular formula is C20H24I2N2O. The second kappa shape index (κ2) is 9.75. The number of rotatable bonds is 7. The lowest BCUT2D eigenvalue weighted by Gasteiger charge is -2.16. The predicted molar refractivity (Wildman–Crippen MR) is 124 cm³/mol. The molecule has 0 atom stereocenters. The highest BCUT2D eigenvalue weighted by atomic mass is 127. The lowest BCUT2D eigenvalue weighted by molar-refractivity contribution is 0.452. The van der Waals surface area contributed by atoms with Gasteiger partial charge in [-0.2, -0.15) is 0 Å². The van der Waals surface area contributed by atoms with Crippen molar-refractivity contribution in [1.29, 1.82) is 0 Å². The van der Waals surface area contributed by atoms with Gasteiger partial charge in [-0.15, -0.1) is 0 Å². The molecule has 134 valence electrons. The Hall–Kier alpha value is -0.830. The summed E-state index contributed by atoms with van der Waals surface area (Å²) in [4.78, 5) is 6.90. The molecule has 0 aromatic heterocycles. The van der Waals surface area contributed by atoms with Gasteiger partial charge < -0.3 is 9.64 Å². The van der Waals surface area contributed by atoms with Crippen molar-refractivity contribution in [3.05, 3.63) is 48.6 Å². The summed E-state index contributed by atoms with van der Waals surface area (Å²) in [6.45, 7) is 10.5. The Kier molecular flexibility index (Phi) is 7.99. The van der Waals surface area contributed by atoms with Gasteiger partial charge in [-0.1, -0.05) is 6.92 Å². The molecule has 5 heteroatoms. The minimum absolute atomic E-state index is 0.865. The van der Waals surface area contributed by atoms with Gasteiger partial charge in [-0.25, -0.2) is 4.99 Å². The zero-order chi connectivity index (χ0) is 18.4. The molecule has 2 rings (SSSR count). The van der Waals surface area contributed by atoms with Gasteiger partial charge >= 0.3 is 0 Å². The van der Waals surface area contributed by atoms with Gasteiger partial charge in [0.25, 0.3) is 0 Å². The second-order valence-electron chi connectivity index (χ2n) is 5.96. The quantitative estimate of drug-likeness (QED) is 0.213. The van der Waals surface area contributed by atoms with Crippen LogP contribution in [0, 0.1) is 21.0 Å². The Morgan fingerprint density at radius 3 is 2.44 bits per heavy atom. The van der Waals surface area contributed by atoms with E-state index in [2.05, 4.69) is 107 Å². The van der Waals surface area contributed by atoms with Crippen LogP contribution in [0.4, 0.5) is 5.69 Å². The van der Waals surface area contributed by atoms with E-state index in [1.54, 1.807) is 0 Å². The first kappa shape index (κ1) is 20.5. The van der Waals surface area contributed by atoms with Crippen molar-refractivity contribution >= 4 is 57.2 Å². The van der Waals surface area contributed by atoms with Crippen molar-refractivity contribution in [2.75, 3.05) is 13.1 Å². The molecule has 0 aliphatic rings. The van der Waals surface area contributed by atoms with Gasteiger partial charge in [-0.3, -0.25) is 0 Å². The normalized spacial score (nSPS) is 11.1. The maximum atomic E-state index is 6.10. The van der Waals surface area contributed by atoms with Crippen molar-refractivity contribution in [2.24, 2.45) is 4.99 Å². The highest BCUT2D eigenvalue weighted by Gasteiger charge is 2.08. The Morgan fingerprint density at radius 2 is 1.80 bits per heavy atom. The van der Waals surface area contributed by atoms with Gasteiger partial charge in [0.2, 0.25) is 0 Å². The molecule has 0 saturated carbocycles. The summed E-state index contributed by atoms with van der Waals surface area (Å²) in [6.07, 6.45) is 3.08. The Balaban J connectivity index is 2.21. The van der Waals surface area contributed by atoms with E-state index in [4.69, 9.17) is 4.74 Å². The smallest absolute Gasteiger partial charge is 0.130 e. The fourth-order valence-electron chi connectivity index (χ4n) is 2.42. The average Bonchev–Trinajstić information content (AvgIpc) is 2.58. The number of aryl methyl sites for hydroxylation is 2. The van der Waals surface area contributed by atoms with E-state index >= 15 is 0 Å². The van der Waals surface area contributed by atoms with E-state index in [0.29, 0.717) is 0 Å². The van der Waals surface area contributed by atoms with Gasteiger partial charge in [0, 0.05) is 20.2 Å². The average molecular weight is 562 g/mol. The number of nitrogens with zero attached hydrogens (tertiary/aromatic N) is 2. The van der Waals surface area contributed by atoms with Crippen LogP contribution in [0.1, 0.15) is 31.4 Å². The van der Waals surface area contributed by atoms with Gasteiger partial charge in [-0.05, 0) is 114 Å². The molecule has 0 aliphatic carbocycles. The highest BCUT2D eigenvalue weighted by Crippen LogP contribution is 2.32. The topological polar surface area (TPSA) is 24.8 Å². The number of halogens is 2. The summed E-state index contributed by atoms with van der Waals surface area (Å²) < 4.78 is 8.52. The lowest BCUT2D eigenvalue weighted by Crippen LogP contribution is -2.21. The minimum Gasteiger partial charge on any atom is -0.457 e. The first-order chi connectivity index (χ1) is 11.9. The maximum absolute atomic E-state index is 6.10. The van der Waals surface area contributed by atoms with Crippen molar-refractivity contribution < 1.29 is 4.74 Å². The van der Waals surface area contributed by atoms with Crippen LogP contribution in [0.25, 0.3) is 0 Å². The highest BCUT2D eigenvalue weighted by molar-refractivity contribution is 14.1. The third-order valence-corrected chi connectivity index (χ3v) is 6.75. The third kappa shape index (κ3) is 5.84. The first-order valence-corrected chi connectivity index (χ1v) is 10.6. The van der Waals surface area contributed by atoms with Crippen LogP contribution in [-0.4, -0.2) is 24.3 Å². The Morgan fingerprint density at radius 1 is 1.04 bits per heavy atom. The molecule has 0 saturated heterocycles. The largest absolute Gasteiger partial charge is 0.457 e. The third-order valence-electron chi connectivity index (χ3n) is 3.89. The van der Waals surface area contributed by atoms with E-state index < -0.39 is 0 Å². The summed E-state index contributed by atoms with van der Waals surface area (Å²) in [6, 6.07) is 10.3. The van der Waals surface area contributed by atoms with Crippen LogP contribution in [0.3, 0.4) is 0 Å². The number of hydrogen-bond acceptors (Lipinski definition) is 2. The SMILES string of the molecule is CCCN(C=Nc1cc(C)c(Oc2ccc(I)c(I)c2)cc1C)CC. The summed E-state index contributed by atoms with van der Waals surface area (Å²) in [5.41, 5.74) is 3.20. The van der Waals surface area contributed by atoms with Crippen LogP contribution in [-0.2, 0) is 0 Å². The van der Waals surface area contributed by atoms with E-state index in [-0.39, 0.29) is 0 Å². The van der Waals surface area contributed by atoms with Crippen LogP contribution < -0.4 is 4.74 Å². The molecule has 0 heterocycles. The van der Waals surface area contributed by atoms with Crippen molar-refractivity contribution in [3.8, 4) is 11.5 Å². The van der Waals surface area contributed by atoms with Crippen LogP contribution in [0.15, 0.2) is 35.3 Å². The second-order valence-corrected chi connectivity index (χ2v) is 8.28. The van der Waals surface area contributed by atoms with Gasteiger partial charge in [0.1, 0.15) is 11.5 Å². The van der Waals surface area contributed by atoms with Crippen molar-refractivity contribution in [3.63, 3.8) is 0 Å². The van der Waals surface area contributed by atoms with Crippen molar-refractivity contribution in [2.45, 2.75) is 34.1 Å². The summed E-state index contributed by atoms with van der Waals surface area (Å²) in [5, 5.41) is 0. The molecule has 2 aromatic carbocycles. The molecule has 25 heavy (non-hydrogen) atoms. The summed E-state index contributed by atoms with van der Waals surface area (Å²) in [7, 11) is 0. The van der Waals surface area contributed by atoms with Gasteiger partial charge in [0.15, 0.2) is 0 Å². The van der Waals surface area contributed by atoms with E-state index in [9.17, 15) is 0 Å². The van der Waals surface area contributed by atoms with Crippen LogP contribution >= 0.6 is 45.2 Å². The molecule has 0 bridgehead atoms. The molecule has 0 fully saturated rings. The summed E-state index contributed by atoms with van der Waals surface area (Å²) >= 11 is 4.66. The molecule has 0 amide bonds. The molecule has 0 aliphatic heterocycles. The molecule has 0 unspecified atom stereocenters. The molecule has 0 spiro atoms. The number of hydrogen-bond donors (Lipinski definition) is 0. The molecule has 2 aromatic rings. The standard InChI is InChI=1S/C20H24I2N2O/c1-5-9-24(6-2)13-23-19-10-15(4)20(11-14(19)3)25-16-7-8-17(21)18(22)12-16/h7-8,10-13H,5-6,9H2,1-4H3. The number of benzene rings is 2. The van der Waals surface area contributed by atoms with E-state index in [0.717, 1.165) is 47.8 Å². The lowest BCUT2D eigenvalue weighted by atomic mass is 10.1. The molecular weight excluding hydrogens is 538 g/mol. The zero-order valence-corrected chi connectivity index (χ0v) is 19.5. The minimum atomic E-state index is 0.865. The molecule has 0 N–H and O–H groups in total. The van der Waals surface area contributed by atoms with Crippen LogP contribution in [0.5, 0.6) is 11.5 Å².